The van der Waals surface area contributed by atoms with E-state index in [1.54, 1.807) is 18.4 Å². The zero-order valence-electron chi connectivity index (χ0n) is 10.8. The molecule has 4 nitrogen and oxygen atoms in total. The molecule has 2 atom stereocenters. The van der Waals surface area contributed by atoms with E-state index in [1.807, 2.05) is 19.1 Å². The van der Waals surface area contributed by atoms with Crippen LogP contribution in [0.2, 0.25) is 0 Å². The monoisotopic (exact) mass is 268 g/mol. The van der Waals surface area contributed by atoms with Gasteiger partial charge in [-0.3, -0.25) is 9.00 Å². The Morgan fingerprint density at radius 1 is 1.44 bits per heavy atom. The Bertz CT molecular complexity index is 435. The topological polar surface area (TPSA) is 72.2 Å². The summed E-state index contributed by atoms with van der Waals surface area (Å²) in [5.41, 5.74) is 6.75. The predicted octanol–water partition coefficient (Wildman–Crippen LogP) is 1.03. The van der Waals surface area contributed by atoms with Gasteiger partial charge in [-0.25, -0.2) is 0 Å². The quantitative estimate of drug-likeness (QED) is 0.726. The first-order valence-electron chi connectivity index (χ1n) is 5.93. The third kappa shape index (κ3) is 4.58. The molecule has 0 heterocycles. The van der Waals surface area contributed by atoms with Gasteiger partial charge in [-0.15, -0.1) is 0 Å². The second-order valence-electron chi connectivity index (χ2n) is 4.30. The van der Waals surface area contributed by atoms with Gasteiger partial charge in [-0.2, -0.15) is 0 Å². The Hall–Kier alpha value is -1.20. The largest absolute Gasteiger partial charge is 0.366 e. The summed E-state index contributed by atoms with van der Waals surface area (Å²) < 4.78 is 11.2. The van der Waals surface area contributed by atoms with Crippen molar-refractivity contribution in [2.45, 2.75) is 25.1 Å². The number of carbonyl (C=O) groups is 1. The molecule has 0 aliphatic rings. The fraction of sp³-hybridized carbons (Fsp3) is 0.462. The maximum absolute atomic E-state index is 11.2. The molecule has 5 heteroatoms. The van der Waals surface area contributed by atoms with E-state index in [2.05, 4.69) is 5.32 Å². The summed E-state index contributed by atoms with van der Waals surface area (Å²) in [7, 11) is -0.784. The molecule has 0 radical (unpaired) electrons. The lowest BCUT2D eigenvalue weighted by Gasteiger charge is -2.10. The Kier molecular flexibility index (Phi) is 6.01. The van der Waals surface area contributed by atoms with Crippen LogP contribution in [-0.4, -0.2) is 28.2 Å². The first-order valence-corrected chi connectivity index (χ1v) is 7.55. The fourth-order valence-electron chi connectivity index (χ4n) is 1.61. The van der Waals surface area contributed by atoms with Crippen molar-refractivity contribution in [3.63, 3.8) is 0 Å². The van der Waals surface area contributed by atoms with Crippen LogP contribution in [0.25, 0.3) is 0 Å². The smallest absolute Gasteiger partial charge is 0.249 e. The minimum Gasteiger partial charge on any atom is -0.366 e. The van der Waals surface area contributed by atoms with Crippen LogP contribution >= 0.6 is 0 Å². The summed E-state index contributed by atoms with van der Waals surface area (Å²) in [4.78, 5) is 11.2. The number of nitrogens with one attached hydrogen (secondary N) is 1. The van der Waals surface area contributed by atoms with Crippen LogP contribution in [-0.2, 0) is 17.3 Å². The number of nitrogens with two attached hydrogens (primary N) is 1. The van der Waals surface area contributed by atoms with Crippen LogP contribution in [0.15, 0.2) is 24.3 Å². The van der Waals surface area contributed by atoms with Crippen molar-refractivity contribution in [2.75, 3.05) is 12.8 Å². The molecule has 18 heavy (non-hydrogen) atoms. The Labute approximate surface area is 110 Å². The minimum absolute atomic E-state index is 0.184. The normalized spacial score (nSPS) is 14.1. The first-order chi connectivity index (χ1) is 8.52. The molecule has 100 valence electrons. The molecular weight excluding hydrogens is 248 g/mol. The van der Waals surface area contributed by atoms with Gasteiger partial charge in [0, 0.05) is 34.4 Å². The van der Waals surface area contributed by atoms with Crippen LogP contribution in [0.4, 0.5) is 0 Å². The number of benzene rings is 1. The maximum atomic E-state index is 11.2. The van der Waals surface area contributed by atoms with Gasteiger partial charge in [0.05, 0.1) is 0 Å². The SMILES string of the molecule is CC(CCNCc1ccccc1C(N)=O)S(C)=O. The summed E-state index contributed by atoms with van der Waals surface area (Å²) >= 11 is 0. The average molecular weight is 268 g/mol. The summed E-state index contributed by atoms with van der Waals surface area (Å²) in [5, 5.41) is 3.42. The molecular formula is C13H20N2O2S. The molecule has 1 aromatic carbocycles. The second kappa shape index (κ2) is 7.28. The standard InChI is InChI=1S/C13H20N2O2S/c1-10(18(2)17)7-8-15-9-11-5-3-4-6-12(11)13(14)16/h3-6,10,15H,7-9H2,1-2H3,(H2,14,16). The zero-order valence-corrected chi connectivity index (χ0v) is 11.6. The number of hydrogen-bond donors (Lipinski definition) is 2. The van der Waals surface area contributed by atoms with E-state index in [4.69, 9.17) is 5.73 Å². The molecule has 0 saturated heterocycles. The summed E-state index contributed by atoms with van der Waals surface area (Å²) in [6.07, 6.45) is 2.56. The van der Waals surface area contributed by atoms with Gasteiger partial charge in [-0.05, 0) is 24.6 Å². The van der Waals surface area contributed by atoms with Gasteiger partial charge < -0.3 is 11.1 Å². The molecule has 0 aliphatic heterocycles. The van der Waals surface area contributed by atoms with Crippen molar-refractivity contribution in [1.82, 2.24) is 5.32 Å². The van der Waals surface area contributed by atoms with E-state index in [0.29, 0.717) is 12.1 Å². The fourth-order valence-corrected chi connectivity index (χ4v) is 2.06. The Morgan fingerprint density at radius 2 is 2.11 bits per heavy atom. The number of amides is 1. The van der Waals surface area contributed by atoms with Crippen molar-refractivity contribution < 1.29 is 9.00 Å². The number of rotatable bonds is 7. The highest BCUT2D eigenvalue weighted by Crippen LogP contribution is 2.07. The average Bonchev–Trinajstić information content (AvgIpc) is 2.34. The summed E-state index contributed by atoms with van der Waals surface area (Å²) in [6.45, 7) is 3.34. The minimum atomic E-state index is -0.784. The van der Waals surface area contributed by atoms with E-state index in [-0.39, 0.29) is 5.25 Å². The van der Waals surface area contributed by atoms with Crippen molar-refractivity contribution in [2.24, 2.45) is 5.73 Å². The highest BCUT2D eigenvalue weighted by Gasteiger charge is 2.08. The van der Waals surface area contributed by atoms with Crippen LogP contribution in [0, 0.1) is 0 Å². The zero-order chi connectivity index (χ0) is 13.5. The lowest BCUT2D eigenvalue weighted by molar-refractivity contribution is 0.0999. The van der Waals surface area contributed by atoms with Crippen LogP contribution in [0.5, 0.6) is 0 Å². The van der Waals surface area contributed by atoms with Crippen molar-refractivity contribution >= 4 is 16.7 Å². The van der Waals surface area contributed by atoms with E-state index in [1.165, 1.54) is 0 Å². The molecule has 2 unspecified atom stereocenters. The molecule has 0 saturated carbocycles. The number of primary amides is 1. The number of carbonyl (C=O) groups excluding carboxylic acids is 1. The summed E-state index contributed by atoms with van der Waals surface area (Å²) in [5.74, 6) is -0.407. The van der Waals surface area contributed by atoms with Gasteiger partial charge in [0.2, 0.25) is 5.91 Å². The van der Waals surface area contributed by atoms with Crippen molar-refractivity contribution in [1.29, 1.82) is 0 Å². The van der Waals surface area contributed by atoms with Crippen molar-refractivity contribution in [3.05, 3.63) is 35.4 Å². The van der Waals surface area contributed by atoms with Crippen LogP contribution in [0.3, 0.4) is 0 Å². The van der Waals surface area contributed by atoms with Crippen LogP contribution in [0.1, 0.15) is 29.3 Å². The first kappa shape index (κ1) is 14.9. The lowest BCUT2D eigenvalue weighted by atomic mass is 10.1. The van der Waals surface area contributed by atoms with Crippen LogP contribution < -0.4 is 11.1 Å². The Balaban J connectivity index is 2.45. The van der Waals surface area contributed by atoms with Crippen molar-refractivity contribution in [3.8, 4) is 0 Å². The third-order valence-electron chi connectivity index (χ3n) is 2.89. The molecule has 1 rings (SSSR count). The van der Waals surface area contributed by atoms with E-state index in [0.717, 1.165) is 18.5 Å². The van der Waals surface area contributed by atoms with Gasteiger partial charge in [0.25, 0.3) is 0 Å². The lowest BCUT2D eigenvalue weighted by Crippen LogP contribution is -2.23. The van der Waals surface area contributed by atoms with Gasteiger partial charge in [-0.1, -0.05) is 25.1 Å². The van der Waals surface area contributed by atoms with E-state index < -0.39 is 16.7 Å². The maximum Gasteiger partial charge on any atom is 0.249 e. The molecule has 3 N–H and O–H groups in total. The molecule has 0 bridgehead atoms. The second-order valence-corrected chi connectivity index (χ2v) is 6.10. The number of hydrogen-bond acceptors (Lipinski definition) is 3. The molecule has 0 aromatic heterocycles. The molecule has 1 aromatic rings. The highest BCUT2D eigenvalue weighted by atomic mass is 32.2. The van der Waals surface area contributed by atoms with Gasteiger partial charge in [0.15, 0.2) is 0 Å². The Morgan fingerprint density at radius 3 is 2.72 bits per heavy atom. The molecule has 0 spiro atoms. The summed E-state index contributed by atoms with van der Waals surface area (Å²) in [6, 6.07) is 7.29. The van der Waals surface area contributed by atoms with Gasteiger partial charge >= 0.3 is 0 Å². The molecule has 0 fully saturated rings. The molecule has 0 aliphatic carbocycles. The third-order valence-corrected chi connectivity index (χ3v) is 4.26. The highest BCUT2D eigenvalue weighted by molar-refractivity contribution is 7.84. The molecule has 1 amide bonds. The van der Waals surface area contributed by atoms with Gasteiger partial charge in [0.1, 0.15) is 0 Å². The van der Waals surface area contributed by atoms with E-state index >= 15 is 0 Å². The predicted molar refractivity (Wildman–Crippen MR) is 74.8 cm³/mol. The van der Waals surface area contributed by atoms with E-state index in [9.17, 15) is 9.00 Å².